The SMILES string of the molecule is CCOC(=O)/C=C/c1cc(Cl)c2c(c1)OCCO2. The second-order valence-corrected chi connectivity index (χ2v) is 4.02. The number of carbonyl (C=O) groups excluding carboxylic acids is 1. The van der Waals surface area contributed by atoms with Gasteiger partial charge in [-0.1, -0.05) is 11.6 Å². The summed E-state index contributed by atoms with van der Waals surface area (Å²) in [5.74, 6) is 0.761. The number of halogens is 1. The number of rotatable bonds is 3. The van der Waals surface area contributed by atoms with Crippen molar-refractivity contribution in [3.05, 3.63) is 28.8 Å². The lowest BCUT2D eigenvalue weighted by atomic mass is 10.2. The van der Waals surface area contributed by atoms with Crippen molar-refractivity contribution in [2.75, 3.05) is 19.8 Å². The van der Waals surface area contributed by atoms with Crippen LogP contribution in [0, 0.1) is 0 Å². The maximum absolute atomic E-state index is 11.2. The van der Waals surface area contributed by atoms with Gasteiger partial charge in [0.2, 0.25) is 0 Å². The van der Waals surface area contributed by atoms with Crippen LogP contribution in [-0.2, 0) is 9.53 Å². The van der Waals surface area contributed by atoms with Crippen LogP contribution >= 0.6 is 11.6 Å². The van der Waals surface area contributed by atoms with Gasteiger partial charge in [0, 0.05) is 6.08 Å². The van der Waals surface area contributed by atoms with Crippen LogP contribution in [0.3, 0.4) is 0 Å². The van der Waals surface area contributed by atoms with Gasteiger partial charge in [0.25, 0.3) is 0 Å². The Labute approximate surface area is 110 Å². The van der Waals surface area contributed by atoms with Crippen LogP contribution < -0.4 is 9.47 Å². The van der Waals surface area contributed by atoms with Gasteiger partial charge in [-0.15, -0.1) is 0 Å². The molecule has 1 aromatic rings. The van der Waals surface area contributed by atoms with Gasteiger partial charge in [0.05, 0.1) is 11.6 Å². The Balaban J connectivity index is 2.19. The number of ether oxygens (including phenoxy) is 3. The first-order valence-electron chi connectivity index (χ1n) is 5.64. The van der Waals surface area contributed by atoms with E-state index in [-0.39, 0.29) is 5.97 Å². The van der Waals surface area contributed by atoms with Gasteiger partial charge in [-0.25, -0.2) is 4.79 Å². The molecule has 96 valence electrons. The summed E-state index contributed by atoms with van der Waals surface area (Å²) in [6.45, 7) is 3.09. The van der Waals surface area contributed by atoms with Gasteiger partial charge in [-0.3, -0.25) is 0 Å². The van der Waals surface area contributed by atoms with Crippen LogP contribution in [0.4, 0.5) is 0 Å². The molecule has 1 aliphatic heterocycles. The zero-order valence-corrected chi connectivity index (χ0v) is 10.7. The number of esters is 1. The molecule has 0 atom stereocenters. The van der Waals surface area contributed by atoms with E-state index in [4.69, 9.17) is 25.8 Å². The van der Waals surface area contributed by atoms with Gasteiger partial charge in [0.15, 0.2) is 11.5 Å². The number of fused-ring (bicyclic) bond motifs is 1. The second-order valence-electron chi connectivity index (χ2n) is 3.61. The van der Waals surface area contributed by atoms with Crippen molar-refractivity contribution in [2.24, 2.45) is 0 Å². The molecule has 0 bridgehead atoms. The van der Waals surface area contributed by atoms with Gasteiger partial charge in [-0.05, 0) is 30.7 Å². The lowest BCUT2D eigenvalue weighted by molar-refractivity contribution is -0.137. The predicted octanol–water partition coefficient (Wildman–Crippen LogP) is 2.69. The van der Waals surface area contributed by atoms with Gasteiger partial charge in [0.1, 0.15) is 13.2 Å². The van der Waals surface area contributed by atoms with Crippen molar-refractivity contribution < 1.29 is 19.0 Å². The fraction of sp³-hybridized carbons (Fsp3) is 0.308. The fourth-order valence-corrected chi connectivity index (χ4v) is 1.86. The molecule has 0 radical (unpaired) electrons. The Bertz CT molecular complexity index is 482. The highest BCUT2D eigenvalue weighted by Gasteiger charge is 2.15. The molecule has 0 aliphatic carbocycles. The molecule has 1 aromatic carbocycles. The molecule has 0 amide bonds. The number of hydrogen-bond donors (Lipinski definition) is 0. The third-order valence-corrected chi connectivity index (χ3v) is 2.60. The molecule has 5 heteroatoms. The van der Waals surface area contributed by atoms with Gasteiger partial charge in [-0.2, -0.15) is 0 Å². The highest BCUT2D eigenvalue weighted by atomic mass is 35.5. The van der Waals surface area contributed by atoms with Crippen molar-refractivity contribution in [1.29, 1.82) is 0 Å². The molecule has 0 saturated heterocycles. The Morgan fingerprint density at radius 2 is 2.22 bits per heavy atom. The standard InChI is InChI=1S/C13H13ClO4/c1-2-16-12(15)4-3-9-7-10(14)13-11(8-9)17-5-6-18-13/h3-4,7-8H,2,5-6H2,1H3/b4-3+. The molecule has 0 spiro atoms. The van der Waals surface area contributed by atoms with Crippen molar-refractivity contribution in [1.82, 2.24) is 0 Å². The Kier molecular flexibility index (Phi) is 4.10. The zero-order valence-electron chi connectivity index (χ0n) is 9.94. The fourth-order valence-electron chi connectivity index (χ4n) is 1.58. The van der Waals surface area contributed by atoms with E-state index < -0.39 is 0 Å². The van der Waals surface area contributed by atoms with E-state index in [1.54, 1.807) is 25.1 Å². The maximum atomic E-state index is 11.2. The molecule has 0 N–H and O–H groups in total. The summed E-state index contributed by atoms with van der Waals surface area (Å²) in [6, 6.07) is 3.49. The van der Waals surface area contributed by atoms with E-state index in [0.29, 0.717) is 36.3 Å². The van der Waals surface area contributed by atoms with Crippen molar-refractivity contribution in [3.63, 3.8) is 0 Å². The van der Waals surface area contributed by atoms with E-state index in [2.05, 4.69) is 0 Å². The summed E-state index contributed by atoms with van der Waals surface area (Å²) < 4.78 is 15.6. The lowest BCUT2D eigenvalue weighted by Crippen LogP contribution is -2.15. The molecular weight excluding hydrogens is 256 g/mol. The number of carbonyl (C=O) groups is 1. The summed E-state index contributed by atoms with van der Waals surface area (Å²) in [4.78, 5) is 11.2. The quantitative estimate of drug-likeness (QED) is 0.625. The summed E-state index contributed by atoms with van der Waals surface area (Å²) in [5, 5.41) is 0.468. The Morgan fingerprint density at radius 1 is 1.44 bits per heavy atom. The highest BCUT2D eigenvalue weighted by Crippen LogP contribution is 2.38. The lowest BCUT2D eigenvalue weighted by Gasteiger charge is -2.19. The average molecular weight is 269 g/mol. The van der Waals surface area contributed by atoms with Crippen LogP contribution in [0.25, 0.3) is 6.08 Å². The molecular formula is C13H13ClO4. The summed E-state index contributed by atoms with van der Waals surface area (Å²) in [7, 11) is 0. The first-order chi connectivity index (χ1) is 8.70. The molecule has 4 nitrogen and oxygen atoms in total. The van der Waals surface area contributed by atoms with Crippen LogP contribution in [0.5, 0.6) is 11.5 Å². The minimum Gasteiger partial charge on any atom is -0.486 e. The van der Waals surface area contributed by atoms with E-state index in [9.17, 15) is 4.79 Å². The number of hydrogen-bond acceptors (Lipinski definition) is 4. The van der Waals surface area contributed by atoms with Crippen LogP contribution in [-0.4, -0.2) is 25.8 Å². The number of benzene rings is 1. The minimum absolute atomic E-state index is 0.352. The van der Waals surface area contributed by atoms with E-state index in [0.717, 1.165) is 5.56 Å². The maximum Gasteiger partial charge on any atom is 0.330 e. The van der Waals surface area contributed by atoms with E-state index >= 15 is 0 Å². The average Bonchev–Trinajstić information content (AvgIpc) is 2.37. The molecule has 0 aromatic heterocycles. The van der Waals surface area contributed by atoms with Gasteiger partial charge >= 0.3 is 5.97 Å². The molecule has 0 saturated carbocycles. The summed E-state index contributed by atoms with van der Waals surface area (Å²) in [6.07, 6.45) is 2.98. The molecule has 0 fully saturated rings. The second kappa shape index (κ2) is 5.78. The smallest absolute Gasteiger partial charge is 0.330 e. The Hall–Kier alpha value is -1.68. The first kappa shape index (κ1) is 12.8. The van der Waals surface area contributed by atoms with Crippen LogP contribution in [0.15, 0.2) is 18.2 Å². The van der Waals surface area contributed by atoms with E-state index in [1.165, 1.54) is 6.08 Å². The van der Waals surface area contributed by atoms with Crippen molar-refractivity contribution in [3.8, 4) is 11.5 Å². The molecule has 2 rings (SSSR count). The third kappa shape index (κ3) is 2.96. The summed E-state index contributed by atoms with van der Waals surface area (Å²) in [5.41, 5.74) is 0.761. The Morgan fingerprint density at radius 3 is 3.00 bits per heavy atom. The third-order valence-electron chi connectivity index (χ3n) is 2.32. The largest absolute Gasteiger partial charge is 0.486 e. The predicted molar refractivity (Wildman–Crippen MR) is 68.1 cm³/mol. The van der Waals surface area contributed by atoms with Crippen LogP contribution in [0.1, 0.15) is 12.5 Å². The van der Waals surface area contributed by atoms with Crippen molar-refractivity contribution in [2.45, 2.75) is 6.92 Å². The minimum atomic E-state index is -0.386. The molecule has 0 unspecified atom stereocenters. The molecule has 1 aliphatic rings. The van der Waals surface area contributed by atoms with E-state index in [1.807, 2.05) is 0 Å². The van der Waals surface area contributed by atoms with Gasteiger partial charge < -0.3 is 14.2 Å². The first-order valence-corrected chi connectivity index (χ1v) is 6.02. The summed E-state index contributed by atoms with van der Waals surface area (Å²) >= 11 is 6.07. The van der Waals surface area contributed by atoms with Crippen molar-refractivity contribution >= 4 is 23.6 Å². The zero-order chi connectivity index (χ0) is 13.0. The molecule has 18 heavy (non-hydrogen) atoms. The van der Waals surface area contributed by atoms with Crippen LogP contribution in [0.2, 0.25) is 5.02 Å². The molecule has 1 heterocycles. The topological polar surface area (TPSA) is 44.8 Å². The highest BCUT2D eigenvalue weighted by molar-refractivity contribution is 6.32. The normalized spacial score (nSPS) is 13.7. The monoisotopic (exact) mass is 268 g/mol.